The summed E-state index contributed by atoms with van der Waals surface area (Å²) in [7, 11) is 0. The normalized spacial score (nSPS) is 16.5. The van der Waals surface area contributed by atoms with Crippen LogP contribution in [-0.4, -0.2) is 12.0 Å². The van der Waals surface area contributed by atoms with Gasteiger partial charge in [0.15, 0.2) is 5.96 Å². The van der Waals surface area contributed by atoms with Crippen molar-refractivity contribution < 1.29 is 0 Å². The Labute approximate surface area is 90.4 Å². The zero-order valence-electron chi connectivity index (χ0n) is 9.25. The molecule has 0 heterocycles. The van der Waals surface area contributed by atoms with Gasteiger partial charge >= 0.3 is 0 Å². The first-order chi connectivity index (χ1) is 7.15. The standard InChI is InChI=1S/C12H17N3/c1-8-3-6-11(9(2)7-8)15-12(13)14-10-4-5-10/h3,6-7,10H,4-5H2,1-2H3,(H3,13,14,15). The summed E-state index contributed by atoms with van der Waals surface area (Å²) in [5, 5.41) is 3.14. The fourth-order valence-corrected chi connectivity index (χ4v) is 1.52. The van der Waals surface area contributed by atoms with E-state index in [1.54, 1.807) is 0 Å². The third kappa shape index (κ3) is 2.72. The minimum Gasteiger partial charge on any atom is -0.370 e. The molecule has 0 atom stereocenters. The van der Waals surface area contributed by atoms with Crippen LogP contribution < -0.4 is 11.1 Å². The molecule has 1 aromatic rings. The number of nitrogens with two attached hydrogens (primary N) is 1. The quantitative estimate of drug-likeness (QED) is 0.572. The van der Waals surface area contributed by atoms with Gasteiger partial charge < -0.3 is 11.1 Å². The lowest BCUT2D eigenvalue weighted by Gasteiger charge is -2.09. The van der Waals surface area contributed by atoms with Gasteiger partial charge in [-0.2, -0.15) is 0 Å². The van der Waals surface area contributed by atoms with E-state index in [1.807, 2.05) is 6.07 Å². The number of aryl methyl sites for hydroxylation is 2. The summed E-state index contributed by atoms with van der Waals surface area (Å²) in [6, 6.07) is 6.70. The van der Waals surface area contributed by atoms with Crippen LogP contribution in [0, 0.1) is 13.8 Å². The van der Waals surface area contributed by atoms with Gasteiger partial charge in [0.25, 0.3) is 0 Å². The Morgan fingerprint density at radius 1 is 1.40 bits per heavy atom. The first-order valence-corrected chi connectivity index (χ1v) is 5.33. The minimum absolute atomic E-state index is 0.461. The average molecular weight is 203 g/mol. The highest BCUT2D eigenvalue weighted by Gasteiger charge is 2.20. The van der Waals surface area contributed by atoms with Gasteiger partial charge in [-0.15, -0.1) is 0 Å². The van der Waals surface area contributed by atoms with Crippen molar-refractivity contribution in [3.8, 4) is 0 Å². The molecular formula is C12H17N3. The molecule has 0 spiro atoms. The molecule has 80 valence electrons. The van der Waals surface area contributed by atoms with Gasteiger partial charge in [-0.1, -0.05) is 17.7 Å². The maximum Gasteiger partial charge on any atom is 0.193 e. The Bertz CT molecular complexity index is 392. The number of benzene rings is 1. The van der Waals surface area contributed by atoms with E-state index >= 15 is 0 Å². The van der Waals surface area contributed by atoms with Gasteiger partial charge in [0.1, 0.15) is 0 Å². The van der Waals surface area contributed by atoms with Crippen LogP contribution >= 0.6 is 0 Å². The van der Waals surface area contributed by atoms with Crippen LogP contribution in [0.25, 0.3) is 0 Å². The number of nitrogens with one attached hydrogen (secondary N) is 1. The molecule has 0 aromatic heterocycles. The van der Waals surface area contributed by atoms with Gasteiger partial charge in [-0.3, -0.25) is 0 Å². The van der Waals surface area contributed by atoms with E-state index in [4.69, 9.17) is 5.73 Å². The highest BCUT2D eigenvalue weighted by atomic mass is 15.1. The third-order valence-electron chi connectivity index (χ3n) is 2.51. The molecule has 1 saturated carbocycles. The van der Waals surface area contributed by atoms with Crippen LogP contribution in [0.4, 0.5) is 5.69 Å². The van der Waals surface area contributed by atoms with Crippen molar-refractivity contribution in [2.24, 2.45) is 10.7 Å². The summed E-state index contributed by atoms with van der Waals surface area (Å²) in [5.41, 5.74) is 9.29. The molecule has 0 aliphatic heterocycles. The molecule has 1 aliphatic carbocycles. The van der Waals surface area contributed by atoms with E-state index in [2.05, 4.69) is 36.3 Å². The molecule has 0 radical (unpaired) electrons. The van der Waals surface area contributed by atoms with Gasteiger partial charge in [0, 0.05) is 5.69 Å². The molecule has 0 bridgehead atoms. The van der Waals surface area contributed by atoms with Crippen LogP contribution in [-0.2, 0) is 0 Å². The lowest BCUT2D eigenvalue weighted by molar-refractivity contribution is 1.06. The summed E-state index contributed by atoms with van der Waals surface area (Å²) in [4.78, 5) is 4.33. The molecule has 1 aliphatic rings. The van der Waals surface area contributed by atoms with Crippen LogP contribution in [0.2, 0.25) is 0 Å². The van der Waals surface area contributed by atoms with E-state index in [9.17, 15) is 0 Å². The number of hydrogen-bond donors (Lipinski definition) is 2. The van der Waals surface area contributed by atoms with Crippen molar-refractivity contribution in [1.29, 1.82) is 0 Å². The molecule has 15 heavy (non-hydrogen) atoms. The Hall–Kier alpha value is -1.51. The number of aliphatic imine (C=N–C) groups is 1. The SMILES string of the molecule is Cc1ccc(NC(N)=NC2CC2)c(C)c1. The minimum atomic E-state index is 0.461. The van der Waals surface area contributed by atoms with Crippen molar-refractivity contribution in [1.82, 2.24) is 0 Å². The summed E-state index contributed by atoms with van der Waals surface area (Å²) in [6.45, 7) is 4.15. The monoisotopic (exact) mass is 203 g/mol. The van der Waals surface area contributed by atoms with Crippen LogP contribution in [0.1, 0.15) is 24.0 Å². The van der Waals surface area contributed by atoms with Crippen molar-refractivity contribution in [3.05, 3.63) is 29.3 Å². The smallest absolute Gasteiger partial charge is 0.193 e. The summed E-state index contributed by atoms with van der Waals surface area (Å²) in [6.07, 6.45) is 2.35. The van der Waals surface area contributed by atoms with E-state index in [1.165, 1.54) is 24.0 Å². The van der Waals surface area contributed by atoms with Gasteiger partial charge in [-0.25, -0.2) is 4.99 Å². The fraction of sp³-hybridized carbons (Fsp3) is 0.417. The Morgan fingerprint density at radius 3 is 2.73 bits per heavy atom. The molecule has 3 nitrogen and oxygen atoms in total. The first-order valence-electron chi connectivity index (χ1n) is 5.33. The summed E-state index contributed by atoms with van der Waals surface area (Å²) >= 11 is 0. The van der Waals surface area contributed by atoms with Gasteiger partial charge in [-0.05, 0) is 38.3 Å². The summed E-state index contributed by atoms with van der Waals surface area (Å²) < 4.78 is 0. The first kappa shape index (κ1) is 10.0. The van der Waals surface area contributed by atoms with Crippen LogP contribution in [0.15, 0.2) is 23.2 Å². The Balaban J connectivity index is 2.09. The van der Waals surface area contributed by atoms with E-state index in [0.717, 1.165) is 5.69 Å². The molecular weight excluding hydrogens is 186 g/mol. The van der Waals surface area contributed by atoms with Gasteiger partial charge in [0.05, 0.1) is 6.04 Å². The second-order valence-electron chi connectivity index (χ2n) is 4.19. The molecule has 0 amide bonds. The number of anilines is 1. The molecule has 3 N–H and O–H groups in total. The predicted octanol–water partition coefficient (Wildman–Crippen LogP) is 2.19. The highest BCUT2D eigenvalue weighted by Crippen LogP contribution is 2.23. The zero-order chi connectivity index (χ0) is 10.8. The molecule has 1 fully saturated rings. The number of hydrogen-bond acceptors (Lipinski definition) is 1. The molecule has 1 aromatic carbocycles. The van der Waals surface area contributed by atoms with E-state index in [-0.39, 0.29) is 0 Å². The number of guanidine groups is 1. The van der Waals surface area contributed by atoms with E-state index in [0.29, 0.717) is 12.0 Å². The van der Waals surface area contributed by atoms with Crippen LogP contribution in [0.5, 0.6) is 0 Å². The second-order valence-corrected chi connectivity index (χ2v) is 4.19. The van der Waals surface area contributed by atoms with Crippen molar-refractivity contribution >= 4 is 11.6 Å². The average Bonchev–Trinajstić information content (AvgIpc) is 2.94. The molecule has 0 unspecified atom stereocenters. The Kier molecular flexibility index (Phi) is 2.62. The van der Waals surface area contributed by atoms with Crippen molar-refractivity contribution in [2.45, 2.75) is 32.7 Å². The zero-order valence-corrected chi connectivity index (χ0v) is 9.25. The van der Waals surface area contributed by atoms with Gasteiger partial charge in [0.2, 0.25) is 0 Å². The highest BCUT2D eigenvalue weighted by molar-refractivity contribution is 5.93. The molecule has 3 heteroatoms. The Morgan fingerprint density at radius 2 is 2.13 bits per heavy atom. The largest absolute Gasteiger partial charge is 0.370 e. The lowest BCUT2D eigenvalue weighted by Crippen LogP contribution is -2.23. The molecule has 2 rings (SSSR count). The maximum absolute atomic E-state index is 5.79. The third-order valence-corrected chi connectivity index (χ3v) is 2.51. The second kappa shape index (κ2) is 3.93. The van der Waals surface area contributed by atoms with Crippen molar-refractivity contribution in [2.75, 3.05) is 5.32 Å². The fourth-order valence-electron chi connectivity index (χ4n) is 1.52. The number of rotatable bonds is 2. The van der Waals surface area contributed by atoms with Crippen molar-refractivity contribution in [3.63, 3.8) is 0 Å². The predicted molar refractivity (Wildman–Crippen MR) is 64.2 cm³/mol. The topological polar surface area (TPSA) is 50.4 Å². The summed E-state index contributed by atoms with van der Waals surface area (Å²) in [5.74, 6) is 0.532. The van der Waals surface area contributed by atoms with E-state index < -0.39 is 0 Å². The van der Waals surface area contributed by atoms with Crippen LogP contribution in [0.3, 0.4) is 0 Å². The molecule has 0 saturated heterocycles. The maximum atomic E-state index is 5.79. The lowest BCUT2D eigenvalue weighted by atomic mass is 10.1. The number of nitrogens with zero attached hydrogens (tertiary/aromatic N) is 1.